The summed E-state index contributed by atoms with van der Waals surface area (Å²) < 4.78 is 12.6. The normalized spacial score (nSPS) is 11.1. The summed E-state index contributed by atoms with van der Waals surface area (Å²) in [6, 6.07) is 13.7. The maximum absolute atomic E-state index is 13.7. The molecule has 186 valence electrons. The smallest absolute Gasteiger partial charge is 0.262 e. The van der Waals surface area contributed by atoms with Crippen molar-refractivity contribution >= 4 is 16.7 Å². The fourth-order valence-corrected chi connectivity index (χ4v) is 4.48. The molecule has 0 atom stereocenters. The van der Waals surface area contributed by atoms with Gasteiger partial charge >= 0.3 is 0 Å². The van der Waals surface area contributed by atoms with E-state index in [1.54, 1.807) is 37.6 Å². The lowest BCUT2D eigenvalue weighted by Gasteiger charge is -2.16. The molecule has 0 bridgehead atoms. The number of carbonyl (C=O) groups excluding carboxylic acids is 1. The third-order valence-electron chi connectivity index (χ3n) is 6.28. The standard InChI is InChI=1S/C28H24N4O5/c1-16-27(17(2)37-31-16)22-12-19-11-21(24(33)10-18-7-8-26(34)30-14-18)28(35)32(23(19)13-25(22)36-3)15-20-6-4-5-9-29-20/h4-9,11-14H,10,15H2,1-3H3,(H,30,34). The summed E-state index contributed by atoms with van der Waals surface area (Å²) in [6.07, 6.45) is 3.10. The molecule has 5 rings (SSSR count). The van der Waals surface area contributed by atoms with E-state index in [-0.39, 0.29) is 29.9 Å². The molecular weight excluding hydrogens is 472 g/mol. The molecule has 0 aliphatic rings. The molecule has 5 aromatic rings. The summed E-state index contributed by atoms with van der Waals surface area (Å²) in [7, 11) is 1.56. The lowest BCUT2D eigenvalue weighted by atomic mass is 9.98. The van der Waals surface area contributed by atoms with Gasteiger partial charge in [0.25, 0.3) is 5.56 Å². The summed E-state index contributed by atoms with van der Waals surface area (Å²) in [6.45, 7) is 3.83. The first-order chi connectivity index (χ1) is 17.9. The summed E-state index contributed by atoms with van der Waals surface area (Å²) >= 11 is 0. The van der Waals surface area contributed by atoms with Gasteiger partial charge in [-0.2, -0.15) is 0 Å². The number of nitrogens with zero attached hydrogens (tertiary/aromatic N) is 3. The number of carbonyl (C=O) groups is 1. The van der Waals surface area contributed by atoms with E-state index < -0.39 is 5.56 Å². The van der Waals surface area contributed by atoms with Crippen LogP contribution < -0.4 is 15.9 Å². The summed E-state index contributed by atoms with van der Waals surface area (Å²) in [5.74, 6) is 0.818. The van der Waals surface area contributed by atoms with Crippen molar-refractivity contribution in [3.05, 3.63) is 110 Å². The highest BCUT2D eigenvalue weighted by Gasteiger charge is 2.21. The van der Waals surface area contributed by atoms with Gasteiger partial charge in [-0.15, -0.1) is 0 Å². The molecule has 0 fully saturated rings. The van der Waals surface area contributed by atoms with Crippen LogP contribution in [0.15, 0.2) is 75.0 Å². The quantitative estimate of drug-likeness (QED) is 0.340. The number of aromatic nitrogens is 4. The van der Waals surface area contributed by atoms with Gasteiger partial charge in [-0.3, -0.25) is 19.4 Å². The second kappa shape index (κ2) is 9.69. The number of Topliss-reactive ketones (excluding diaryl/α,β-unsaturated/α-hetero) is 1. The van der Waals surface area contributed by atoms with Crippen LogP contribution in [0.2, 0.25) is 0 Å². The second-order valence-corrected chi connectivity index (χ2v) is 8.74. The van der Waals surface area contributed by atoms with Crippen LogP contribution in [0.1, 0.15) is 33.1 Å². The highest BCUT2D eigenvalue weighted by atomic mass is 16.5. The first-order valence-electron chi connectivity index (χ1n) is 11.6. The Labute approximate surface area is 211 Å². The number of benzene rings is 1. The largest absolute Gasteiger partial charge is 0.496 e. The zero-order valence-corrected chi connectivity index (χ0v) is 20.6. The van der Waals surface area contributed by atoms with E-state index in [9.17, 15) is 14.4 Å². The van der Waals surface area contributed by atoms with Crippen LogP contribution in [-0.4, -0.2) is 32.6 Å². The van der Waals surface area contributed by atoms with Gasteiger partial charge in [0.15, 0.2) is 5.78 Å². The molecule has 0 aliphatic carbocycles. The van der Waals surface area contributed by atoms with E-state index in [1.807, 2.05) is 32.0 Å². The molecule has 4 heterocycles. The Bertz CT molecular complexity index is 1710. The fourth-order valence-electron chi connectivity index (χ4n) is 4.48. The van der Waals surface area contributed by atoms with E-state index in [2.05, 4.69) is 15.1 Å². The molecular formula is C28H24N4O5. The number of hydrogen-bond donors (Lipinski definition) is 1. The van der Waals surface area contributed by atoms with Crippen LogP contribution in [0.25, 0.3) is 22.0 Å². The second-order valence-electron chi connectivity index (χ2n) is 8.74. The number of pyridine rings is 3. The molecule has 9 nitrogen and oxygen atoms in total. The SMILES string of the molecule is COc1cc2c(cc1-c1c(C)noc1C)cc(C(=O)Cc1ccc(=O)[nH]c1)c(=O)n2Cc1ccccn1. The summed E-state index contributed by atoms with van der Waals surface area (Å²) in [5.41, 5.74) is 3.46. The molecule has 1 N–H and O–H groups in total. The van der Waals surface area contributed by atoms with Gasteiger partial charge in [0.05, 0.1) is 41.7 Å². The van der Waals surface area contributed by atoms with E-state index >= 15 is 0 Å². The fraction of sp³-hybridized carbons (Fsp3) is 0.179. The molecule has 37 heavy (non-hydrogen) atoms. The molecule has 0 amide bonds. The molecule has 0 aliphatic heterocycles. The lowest BCUT2D eigenvalue weighted by molar-refractivity contribution is 0.0991. The number of H-pyrrole nitrogens is 1. The number of rotatable bonds is 7. The minimum absolute atomic E-state index is 0.0337. The molecule has 0 saturated heterocycles. The number of aryl methyl sites for hydroxylation is 2. The van der Waals surface area contributed by atoms with Gasteiger partial charge in [0.1, 0.15) is 11.5 Å². The monoisotopic (exact) mass is 496 g/mol. The zero-order valence-electron chi connectivity index (χ0n) is 20.6. The van der Waals surface area contributed by atoms with Crippen LogP contribution in [-0.2, 0) is 13.0 Å². The average molecular weight is 497 g/mol. The van der Waals surface area contributed by atoms with Crippen molar-refractivity contribution in [2.24, 2.45) is 0 Å². The van der Waals surface area contributed by atoms with E-state index in [0.29, 0.717) is 39.4 Å². The number of ether oxygens (including phenoxy) is 1. The molecule has 9 heteroatoms. The van der Waals surface area contributed by atoms with Crippen LogP contribution in [0.5, 0.6) is 5.75 Å². The molecule has 0 unspecified atom stereocenters. The van der Waals surface area contributed by atoms with Crippen molar-refractivity contribution in [1.29, 1.82) is 0 Å². The Balaban J connectivity index is 1.73. The topological polar surface area (TPSA) is 120 Å². The van der Waals surface area contributed by atoms with Gasteiger partial charge < -0.3 is 18.8 Å². The zero-order chi connectivity index (χ0) is 26.1. The van der Waals surface area contributed by atoms with Gasteiger partial charge in [-0.05, 0) is 43.7 Å². The lowest BCUT2D eigenvalue weighted by Crippen LogP contribution is -2.28. The third-order valence-corrected chi connectivity index (χ3v) is 6.28. The van der Waals surface area contributed by atoms with E-state index in [1.165, 1.54) is 16.8 Å². The Kier molecular flexibility index (Phi) is 6.27. The minimum atomic E-state index is -0.431. The van der Waals surface area contributed by atoms with Gasteiger partial charge in [0, 0.05) is 41.9 Å². The number of aromatic amines is 1. The molecule has 0 radical (unpaired) electrons. The molecule has 0 saturated carbocycles. The number of nitrogens with one attached hydrogen (secondary N) is 1. The van der Waals surface area contributed by atoms with Crippen LogP contribution in [0.3, 0.4) is 0 Å². The predicted octanol–water partition coefficient (Wildman–Crippen LogP) is 3.84. The minimum Gasteiger partial charge on any atom is -0.496 e. The van der Waals surface area contributed by atoms with Crippen LogP contribution in [0.4, 0.5) is 0 Å². The maximum Gasteiger partial charge on any atom is 0.262 e. The predicted molar refractivity (Wildman–Crippen MR) is 138 cm³/mol. The first-order valence-corrected chi connectivity index (χ1v) is 11.6. The van der Waals surface area contributed by atoms with Crippen molar-refractivity contribution in [3.8, 4) is 16.9 Å². The van der Waals surface area contributed by atoms with Crippen molar-refractivity contribution in [3.63, 3.8) is 0 Å². The third kappa shape index (κ3) is 4.58. The van der Waals surface area contributed by atoms with E-state index in [0.717, 1.165) is 11.1 Å². The van der Waals surface area contributed by atoms with Gasteiger partial charge in [0.2, 0.25) is 5.56 Å². The summed E-state index contributed by atoms with van der Waals surface area (Å²) in [4.78, 5) is 45.4. The highest BCUT2D eigenvalue weighted by molar-refractivity contribution is 6.01. The first kappa shape index (κ1) is 23.9. The van der Waals surface area contributed by atoms with Crippen molar-refractivity contribution in [2.45, 2.75) is 26.8 Å². The van der Waals surface area contributed by atoms with E-state index in [4.69, 9.17) is 9.26 Å². The summed E-state index contributed by atoms with van der Waals surface area (Å²) in [5, 5.41) is 4.74. The Morgan fingerprint density at radius 1 is 1.11 bits per heavy atom. The maximum atomic E-state index is 13.7. The molecule has 1 aromatic carbocycles. The number of fused-ring (bicyclic) bond motifs is 1. The van der Waals surface area contributed by atoms with Crippen molar-refractivity contribution < 1.29 is 14.1 Å². The Morgan fingerprint density at radius 2 is 1.95 bits per heavy atom. The van der Waals surface area contributed by atoms with Crippen molar-refractivity contribution in [1.82, 2.24) is 19.7 Å². The average Bonchev–Trinajstić information content (AvgIpc) is 3.24. The molecule has 4 aromatic heterocycles. The number of methoxy groups -OCH3 is 1. The van der Waals surface area contributed by atoms with Crippen LogP contribution >= 0.6 is 0 Å². The Morgan fingerprint density at radius 3 is 2.59 bits per heavy atom. The highest BCUT2D eigenvalue weighted by Crippen LogP contribution is 2.37. The molecule has 0 spiro atoms. The van der Waals surface area contributed by atoms with Gasteiger partial charge in [-0.1, -0.05) is 17.3 Å². The van der Waals surface area contributed by atoms with Crippen molar-refractivity contribution in [2.75, 3.05) is 7.11 Å². The Hall–Kier alpha value is -4.79. The number of ketones is 1. The number of hydrogen-bond acceptors (Lipinski definition) is 7. The van der Waals surface area contributed by atoms with Gasteiger partial charge in [-0.25, -0.2) is 0 Å². The van der Waals surface area contributed by atoms with Crippen LogP contribution in [0, 0.1) is 13.8 Å².